The number of anilines is 1. The second kappa shape index (κ2) is 5.52. The van der Waals surface area contributed by atoms with Crippen LogP contribution < -0.4 is 5.32 Å². The molecule has 2 aliphatic rings. The van der Waals surface area contributed by atoms with Crippen molar-refractivity contribution < 1.29 is 14.6 Å². The first-order chi connectivity index (χ1) is 11.3. The summed E-state index contributed by atoms with van der Waals surface area (Å²) in [5, 5.41) is 11.7. The lowest BCUT2D eigenvalue weighted by atomic mass is 9.98. The van der Waals surface area contributed by atoms with Crippen LogP contribution in [0.4, 0.5) is 5.82 Å². The number of carbonyl (C=O) groups excluding carboxylic acids is 1. The van der Waals surface area contributed by atoms with Crippen molar-refractivity contribution in [3.63, 3.8) is 0 Å². The van der Waals surface area contributed by atoms with Crippen molar-refractivity contribution in [3.05, 3.63) is 58.8 Å². The molecule has 2 aromatic rings. The van der Waals surface area contributed by atoms with Gasteiger partial charge in [-0.2, -0.15) is 0 Å². The lowest BCUT2D eigenvalue weighted by Crippen LogP contribution is -2.06. The second-order valence-corrected chi connectivity index (χ2v) is 5.67. The van der Waals surface area contributed by atoms with Crippen LogP contribution in [0.15, 0.2) is 36.5 Å². The minimum absolute atomic E-state index is 0.175. The standard InChI is InChI=1S/C18H16N2O3/c21-8-2-3-11-5-6-13-12(9-11)10-23-16(13)15-14-4-1-7-19-17(14)20-18(15)22/h1,4-7,9,21H,2-3,8,10H2,(H,19,20,22)/b16-15-. The molecule has 116 valence electrons. The van der Waals surface area contributed by atoms with Crippen molar-refractivity contribution in [2.75, 3.05) is 11.9 Å². The van der Waals surface area contributed by atoms with Crippen molar-refractivity contribution in [1.82, 2.24) is 4.98 Å². The third-order valence-corrected chi connectivity index (χ3v) is 4.17. The number of hydrogen-bond acceptors (Lipinski definition) is 4. The summed E-state index contributed by atoms with van der Waals surface area (Å²) in [6.45, 7) is 0.650. The van der Waals surface area contributed by atoms with Gasteiger partial charge < -0.3 is 15.2 Å². The number of aliphatic hydroxyl groups excluding tert-OH is 1. The van der Waals surface area contributed by atoms with Crippen LogP contribution in [-0.2, 0) is 22.6 Å². The molecule has 2 N–H and O–H groups in total. The van der Waals surface area contributed by atoms with E-state index in [2.05, 4.69) is 16.4 Å². The molecule has 0 unspecified atom stereocenters. The number of rotatable bonds is 3. The predicted octanol–water partition coefficient (Wildman–Crippen LogP) is 2.36. The van der Waals surface area contributed by atoms with Crippen LogP contribution in [0.3, 0.4) is 0 Å². The lowest BCUT2D eigenvalue weighted by Gasteiger charge is -2.05. The Morgan fingerprint density at radius 2 is 2.17 bits per heavy atom. The molecule has 5 nitrogen and oxygen atoms in total. The van der Waals surface area contributed by atoms with Crippen molar-refractivity contribution in [1.29, 1.82) is 0 Å². The Bertz CT molecular complexity index is 827. The molecule has 1 aromatic heterocycles. The fourth-order valence-corrected chi connectivity index (χ4v) is 3.09. The van der Waals surface area contributed by atoms with Crippen LogP contribution in [0.25, 0.3) is 11.3 Å². The molecule has 5 heteroatoms. The molecule has 0 spiro atoms. The van der Waals surface area contributed by atoms with E-state index in [-0.39, 0.29) is 12.5 Å². The van der Waals surface area contributed by atoms with Crippen molar-refractivity contribution in [2.24, 2.45) is 0 Å². The highest BCUT2D eigenvalue weighted by molar-refractivity contribution is 6.35. The second-order valence-electron chi connectivity index (χ2n) is 5.67. The van der Waals surface area contributed by atoms with Gasteiger partial charge in [-0.05, 0) is 30.5 Å². The van der Waals surface area contributed by atoms with Crippen molar-refractivity contribution in [3.8, 4) is 0 Å². The minimum Gasteiger partial charge on any atom is -0.487 e. The average molecular weight is 308 g/mol. The number of hydrogen-bond donors (Lipinski definition) is 2. The fourth-order valence-electron chi connectivity index (χ4n) is 3.09. The van der Waals surface area contributed by atoms with Gasteiger partial charge in [0.15, 0.2) is 0 Å². The molecule has 2 aliphatic heterocycles. The van der Waals surface area contributed by atoms with Crippen LogP contribution in [-0.4, -0.2) is 22.6 Å². The molecule has 0 fully saturated rings. The van der Waals surface area contributed by atoms with Crippen molar-refractivity contribution >= 4 is 23.1 Å². The molecule has 0 radical (unpaired) electrons. The van der Waals surface area contributed by atoms with Crippen LogP contribution in [0.5, 0.6) is 0 Å². The number of nitrogens with zero attached hydrogens (tertiary/aromatic N) is 1. The number of carbonyl (C=O) groups is 1. The summed E-state index contributed by atoms with van der Waals surface area (Å²) in [7, 11) is 0. The van der Waals surface area contributed by atoms with E-state index in [4.69, 9.17) is 9.84 Å². The monoisotopic (exact) mass is 308 g/mol. The highest BCUT2D eigenvalue weighted by Crippen LogP contribution is 2.40. The van der Waals surface area contributed by atoms with Gasteiger partial charge >= 0.3 is 0 Å². The van der Waals surface area contributed by atoms with Gasteiger partial charge in [-0.1, -0.05) is 18.2 Å². The van der Waals surface area contributed by atoms with Gasteiger partial charge in [0, 0.05) is 29.5 Å². The van der Waals surface area contributed by atoms with E-state index in [0.717, 1.165) is 29.5 Å². The largest absolute Gasteiger partial charge is 0.487 e. The first kappa shape index (κ1) is 14.0. The maximum Gasteiger partial charge on any atom is 0.261 e. The molecule has 0 saturated heterocycles. The predicted molar refractivity (Wildman–Crippen MR) is 86.3 cm³/mol. The normalized spacial score (nSPS) is 18.4. The Kier molecular flexibility index (Phi) is 3.35. The number of ether oxygens (including phenoxy) is 1. The summed E-state index contributed by atoms with van der Waals surface area (Å²) in [6.07, 6.45) is 3.24. The number of aromatic nitrogens is 1. The van der Waals surface area contributed by atoms with E-state index >= 15 is 0 Å². The van der Waals surface area contributed by atoms with Crippen LogP contribution in [0.1, 0.15) is 28.7 Å². The summed E-state index contributed by atoms with van der Waals surface area (Å²) < 4.78 is 5.84. The summed E-state index contributed by atoms with van der Waals surface area (Å²) in [5.41, 5.74) is 4.54. The summed E-state index contributed by atoms with van der Waals surface area (Å²) >= 11 is 0. The summed E-state index contributed by atoms with van der Waals surface area (Å²) in [4.78, 5) is 16.5. The molecule has 23 heavy (non-hydrogen) atoms. The Balaban J connectivity index is 1.78. The Labute approximate surface area is 133 Å². The van der Waals surface area contributed by atoms with Gasteiger partial charge in [0.2, 0.25) is 0 Å². The Hall–Kier alpha value is -2.66. The number of aliphatic hydroxyl groups is 1. The molecule has 0 atom stereocenters. The lowest BCUT2D eigenvalue weighted by molar-refractivity contribution is -0.110. The molecule has 1 aromatic carbocycles. The van der Waals surface area contributed by atoms with Crippen LogP contribution in [0.2, 0.25) is 0 Å². The molecule has 3 heterocycles. The maximum atomic E-state index is 12.3. The zero-order valence-electron chi connectivity index (χ0n) is 12.5. The van der Waals surface area contributed by atoms with Gasteiger partial charge in [0.1, 0.15) is 18.2 Å². The first-order valence-corrected chi connectivity index (χ1v) is 7.65. The first-order valence-electron chi connectivity index (χ1n) is 7.65. The number of nitrogens with one attached hydrogen (secondary N) is 1. The zero-order valence-corrected chi connectivity index (χ0v) is 12.5. The Morgan fingerprint density at radius 3 is 3.04 bits per heavy atom. The van der Waals surface area contributed by atoms with Crippen LogP contribution in [0, 0.1) is 0 Å². The highest BCUT2D eigenvalue weighted by atomic mass is 16.5. The molecular weight excluding hydrogens is 292 g/mol. The molecule has 1 amide bonds. The van der Waals surface area contributed by atoms with E-state index in [1.807, 2.05) is 24.3 Å². The SMILES string of the molecule is O=C1Nc2ncccc2/C1=C1/OCc2cc(CCCO)ccc21. The van der Waals surface area contributed by atoms with E-state index in [0.29, 0.717) is 23.8 Å². The molecular formula is C18H16N2O3. The highest BCUT2D eigenvalue weighted by Gasteiger charge is 2.32. The maximum absolute atomic E-state index is 12.3. The van der Waals surface area contributed by atoms with E-state index < -0.39 is 0 Å². The third kappa shape index (κ3) is 2.29. The molecule has 4 rings (SSSR count). The molecule has 0 bridgehead atoms. The molecule has 0 saturated carbocycles. The van der Waals surface area contributed by atoms with Gasteiger partial charge in [-0.15, -0.1) is 0 Å². The van der Waals surface area contributed by atoms with E-state index in [1.54, 1.807) is 6.20 Å². The average Bonchev–Trinajstić information content (AvgIpc) is 3.12. The number of fused-ring (bicyclic) bond motifs is 2. The molecule has 0 aliphatic carbocycles. The summed E-state index contributed by atoms with van der Waals surface area (Å²) in [6, 6.07) is 9.81. The zero-order chi connectivity index (χ0) is 15.8. The van der Waals surface area contributed by atoms with Gasteiger partial charge in [-0.3, -0.25) is 4.79 Å². The fraction of sp³-hybridized carbons (Fsp3) is 0.222. The number of amides is 1. The summed E-state index contributed by atoms with van der Waals surface area (Å²) in [5.74, 6) is 1.03. The van der Waals surface area contributed by atoms with Crippen LogP contribution >= 0.6 is 0 Å². The van der Waals surface area contributed by atoms with E-state index in [1.165, 1.54) is 5.56 Å². The quantitative estimate of drug-likeness (QED) is 0.854. The number of benzene rings is 1. The van der Waals surface area contributed by atoms with Gasteiger partial charge in [0.05, 0.1) is 5.57 Å². The van der Waals surface area contributed by atoms with E-state index in [9.17, 15) is 4.79 Å². The van der Waals surface area contributed by atoms with Gasteiger partial charge in [0.25, 0.3) is 5.91 Å². The topological polar surface area (TPSA) is 71.5 Å². The third-order valence-electron chi connectivity index (χ3n) is 4.17. The number of pyridine rings is 1. The van der Waals surface area contributed by atoms with Gasteiger partial charge in [-0.25, -0.2) is 4.98 Å². The Morgan fingerprint density at radius 1 is 1.26 bits per heavy atom. The number of aryl methyl sites for hydroxylation is 1. The van der Waals surface area contributed by atoms with Crippen molar-refractivity contribution in [2.45, 2.75) is 19.4 Å². The smallest absolute Gasteiger partial charge is 0.261 e. The minimum atomic E-state index is -0.175.